The van der Waals surface area contributed by atoms with E-state index in [2.05, 4.69) is 6.58 Å². The summed E-state index contributed by atoms with van der Waals surface area (Å²) in [4.78, 5) is 26.2. The van der Waals surface area contributed by atoms with Gasteiger partial charge in [-0.3, -0.25) is 9.59 Å². The molecule has 0 fully saturated rings. The van der Waals surface area contributed by atoms with Crippen LogP contribution in [0.15, 0.2) is 88.1 Å². The standard InChI is InChI=1S/C26H19FO4/c1-16(2)15-30-23-14-12-19(21(28)13-9-17-7-10-18(27)11-8-17)26-24(23)25(29)20-5-3-4-6-22(20)31-26/h3-14H,1,15H2,2H3. The van der Waals surface area contributed by atoms with Gasteiger partial charge in [0.1, 0.15) is 29.1 Å². The summed E-state index contributed by atoms with van der Waals surface area (Å²) < 4.78 is 24.8. The van der Waals surface area contributed by atoms with Crippen LogP contribution in [0.1, 0.15) is 22.8 Å². The summed E-state index contributed by atoms with van der Waals surface area (Å²) in [6, 6.07) is 15.8. The number of fused-ring (bicyclic) bond motifs is 2. The van der Waals surface area contributed by atoms with Gasteiger partial charge in [0.25, 0.3) is 0 Å². The van der Waals surface area contributed by atoms with Gasteiger partial charge in [0.15, 0.2) is 11.4 Å². The van der Waals surface area contributed by atoms with E-state index in [1.54, 1.807) is 54.6 Å². The Hall–Kier alpha value is -3.99. The number of allylic oxidation sites excluding steroid dienone is 1. The molecule has 0 saturated heterocycles. The van der Waals surface area contributed by atoms with E-state index < -0.39 is 0 Å². The molecule has 0 N–H and O–H groups in total. The van der Waals surface area contributed by atoms with Gasteiger partial charge >= 0.3 is 0 Å². The molecule has 0 aliphatic carbocycles. The summed E-state index contributed by atoms with van der Waals surface area (Å²) in [6.07, 6.45) is 2.95. The molecule has 4 aromatic rings. The van der Waals surface area contributed by atoms with E-state index >= 15 is 0 Å². The maximum absolute atomic E-state index is 13.2. The Morgan fingerprint density at radius 3 is 2.58 bits per heavy atom. The molecule has 5 heteroatoms. The number of hydrogen-bond acceptors (Lipinski definition) is 4. The molecule has 0 saturated carbocycles. The monoisotopic (exact) mass is 414 g/mol. The van der Waals surface area contributed by atoms with Crippen molar-refractivity contribution in [3.05, 3.63) is 106 Å². The Morgan fingerprint density at radius 2 is 1.84 bits per heavy atom. The lowest BCUT2D eigenvalue weighted by molar-refractivity contribution is 0.104. The molecule has 4 rings (SSSR count). The van der Waals surface area contributed by atoms with Crippen LogP contribution < -0.4 is 10.2 Å². The van der Waals surface area contributed by atoms with Crippen LogP contribution in [0, 0.1) is 5.82 Å². The average Bonchev–Trinajstić information content (AvgIpc) is 2.77. The molecule has 0 bridgehead atoms. The maximum atomic E-state index is 13.2. The molecule has 0 aliphatic rings. The van der Waals surface area contributed by atoms with Crippen LogP contribution in [0.2, 0.25) is 0 Å². The van der Waals surface area contributed by atoms with Crippen molar-refractivity contribution in [3.8, 4) is 5.75 Å². The van der Waals surface area contributed by atoms with E-state index in [4.69, 9.17) is 9.15 Å². The summed E-state index contributed by atoms with van der Waals surface area (Å²) in [5, 5.41) is 0.614. The molecule has 3 aromatic carbocycles. The van der Waals surface area contributed by atoms with Gasteiger partial charge in [0, 0.05) is 0 Å². The topological polar surface area (TPSA) is 56.5 Å². The van der Waals surface area contributed by atoms with Crippen LogP contribution in [0.5, 0.6) is 5.75 Å². The summed E-state index contributed by atoms with van der Waals surface area (Å²) in [5.41, 5.74) is 1.97. The zero-order chi connectivity index (χ0) is 22.0. The molecule has 0 aliphatic heterocycles. The summed E-state index contributed by atoms with van der Waals surface area (Å²) in [5.74, 6) is -0.371. The normalized spacial score (nSPS) is 11.3. The van der Waals surface area contributed by atoms with Crippen molar-refractivity contribution in [3.63, 3.8) is 0 Å². The van der Waals surface area contributed by atoms with Crippen LogP contribution in [-0.4, -0.2) is 12.4 Å². The second-order valence-electron chi connectivity index (χ2n) is 7.24. The van der Waals surface area contributed by atoms with E-state index in [0.717, 1.165) is 5.57 Å². The molecule has 4 nitrogen and oxygen atoms in total. The Balaban J connectivity index is 1.86. The van der Waals surface area contributed by atoms with Gasteiger partial charge in [-0.25, -0.2) is 4.39 Å². The van der Waals surface area contributed by atoms with Crippen molar-refractivity contribution < 1.29 is 18.3 Å². The summed E-state index contributed by atoms with van der Waals surface area (Å²) in [7, 11) is 0. The van der Waals surface area contributed by atoms with Gasteiger partial charge in [-0.15, -0.1) is 0 Å². The molecule has 1 aromatic heterocycles. The molecule has 154 valence electrons. The summed E-state index contributed by atoms with van der Waals surface area (Å²) in [6.45, 7) is 5.87. The number of carbonyl (C=O) groups excluding carboxylic acids is 1. The molecular weight excluding hydrogens is 395 g/mol. The van der Waals surface area contributed by atoms with Gasteiger partial charge in [-0.2, -0.15) is 0 Å². The minimum atomic E-state index is -0.353. The van der Waals surface area contributed by atoms with E-state index in [1.807, 2.05) is 6.92 Å². The third kappa shape index (κ3) is 4.16. The second kappa shape index (κ2) is 8.40. The van der Waals surface area contributed by atoms with Crippen molar-refractivity contribution in [1.29, 1.82) is 0 Å². The van der Waals surface area contributed by atoms with Crippen LogP contribution in [0.25, 0.3) is 28.0 Å². The molecule has 0 unspecified atom stereocenters. The number of rotatable bonds is 6. The van der Waals surface area contributed by atoms with E-state index in [1.165, 1.54) is 18.2 Å². The third-order valence-electron chi connectivity index (χ3n) is 4.73. The highest BCUT2D eigenvalue weighted by Crippen LogP contribution is 2.30. The first kappa shape index (κ1) is 20.3. The Morgan fingerprint density at radius 1 is 1.10 bits per heavy atom. The first-order chi connectivity index (χ1) is 14.9. The number of benzene rings is 3. The van der Waals surface area contributed by atoms with Crippen LogP contribution in [0.4, 0.5) is 4.39 Å². The highest BCUT2D eigenvalue weighted by molar-refractivity contribution is 6.15. The first-order valence-electron chi connectivity index (χ1n) is 9.68. The van der Waals surface area contributed by atoms with Crippen molar-refractivity contribution in [1.82, 2.24) is 0 Å². The minimum Gasteiger partial charge on any atom is -0.488 e. The number of hydrogen-bond donors (Lipinski definition) is 0. The second-order valence-corrected chi connectivity index (χ2v) is 7.24. The fourth-order valence-corrected chi connectivity index (χ4v) is 3.22. The zero-order valence-corrected chi connectivity index (χ0v) is 16.9. The van der Waals surface area contributed by atoms with Crippen molar-refractivity contribution in [2.75, 3.05) is 6.61 Å². The quantitative estimate of drug-likeness (QED) is 0.170. The molecule has 0 spiro atoms. The van der Waals surface area contributed by atoms with Gasteiger partial charge in [0.2, 0.25) is 5.43 Å². The van der Waals surface area contributed by atoms with Gasteiger partial charge < -0.3 is 9.15 Å². The highest BCUT2D eigenvalue weighted by Gasteiger charge is 2.19. The Bertz CT molecular complexity index is 1400. The van der Waals surface area contributed by atoms with E-state index in [-0.39, 0.29) is 40.2 Å². The molecule has 1 heterocycles. The predicted molar refractivity (Wildman–Crippen MR) is 120 cm³/mol. The lowest BCUT2D eigenvalue weighted by Crippen LogP contribution is -2.09. The Kier molecular flexibility index (Phi) is 5.50. The first-order valence-corrected chi connectivity index (χ1v) is 9.68. The molecule has 31 heavy (non-hydrogen) atoms. The SMILES string of the molecule is C=C(C)COc1ccc(C(=O)C=Cc2ccc(F)cc2)c2oc3ccccc3c(=O)c12. The molecule has 0 radical (unpaired) electrons. The smallest absolute Gasteiger partial charge is 0.204 e. The molecular formula is C26H19FO4. The van der Waals surface area contributed by atoms with Crippen LogP contribution in [-0.2, 0) is 0 Å². The van der Waals surface area contributed by atoms with E-state index in [0.29, 0.717) is 22.3 Å². The zero-order valence-electron chi connectivity index (χ0n) is 16.9. The number of ether oxygens (including phenoxy) is 1. The van der Waals surface area contributed by atoms with Crippen molar-refractivity contribution >= 4 is 33.8 Å². The largest absolute Gasteiger partial charge is 0.488 e. The lowest BCUT2D eigenvalue weighted by atomic mass is 10.0. The lowest BCUT2D eigenvalue weighted by Gasteiger charge is -2.11. The van der Waals surface area contributed by atoms with Gasteiger partial charge in [-0.1, -0.05) is 36.9 Å². The fraction of sp³-hybridized carbons (Fsp3) is 0.0769. The third-order valence-corrected chi connectivity index (χ3v) is 4.73. The van der Waals surface area contributed by atoms with Crippen LogP contribution >= 0.6 is 0 Å². The average molecular weight is 414 g/mol. The number of para-hydroxylation sites is 1. The van der Waals surface area contributed by atoms with Crippen LogP contribution in [0.3, 0.4) is 0 Å². The van der Waals surface area contributed by atoms with Gasteiger partial charge in [0.05, 0.1) is 10.9 Å². The predicted octanol–water partition coefficient (Wildman–Crippen LogP) is 5.94. The number of ketones is 1. The van der Waals surface area contributed by atoms with Gasteiger partial charge in [-0.05, 0) is 60.5 Å². The molecule has 0 atom stereocenters. The molecule has 0 amide bonds. The fourth-order valence-electron chi connectivity index (χ4n) is 3.22. The highest BCUT2D eigenvalue weighted by atomic mass is 19.1. The number of halogens is 1. The van der Waals surface area contributed by atoms with Crippen molar-refractivity contribution in [2.24, 2.45) is 0 Å². The maximum Gasteiger partial charge on any atom is 0.204 e. The van der Waals surface area contributed by atoms with Crippen molar-refractivity contribution in [2.45, 2.75) is 6.92 Å². The Labute approximate surface area is 177 Å². The minimum absolute atomic E-state index is 0.164. The summed E-state index contributed by atoms with van der Waals surface area (Å²) >= 11 is 0. The number of carbonyl (C=O) groups is 1. The van der Waals surface area contributed by atoms with E-state index in [9.17, 15) is 14.0 Å².